The van der Waals surface area contributed by atoms with Gasteiger partial charge in [0.15, 0.2) is 12.4 Å². The van der Waals surface area contributed by atoms with Gasteiger partial charge in [0.05, 0.1) is 10.6 Å². The van der Waals surface area contributed by atoms with E-state index in [2.05, 4.69) is 15.2 Å². The lowest BCUT2D eigenvalue weighted by molar-refractivity contribution is -0.137. The third-order valence-electron chi connectivity index (χ3n) is 3.80. The number of benzene rings is 2. The van der Waals surface area contributed by atoms with Gasteiger partial charge in [-0.15, -0.1) is 0 Å². The molecule has 1 heterocycles. The zero-order valence-electron chi connectivity index (χ0n) is 15.4. The molecular formula is C19H13ClF5N3O3. The quantitative estimate of drug-likeness (QED) is 0.475. The summed E-state index contributed by atoms with van der Waals surface area (Å²) in [4.78, 5) is 12.3. The summed E-state index contributed by atoms with van der Waals surface area (Å²) in [6, 6.07) is 9.41. The molecule has 164 valence electrons. The van der Waals surface area contributed by atoms with Gasteiger partial charge in [-0.25, -0.2) is 4.68 Å². The number of amides is 1. The Bertz CT molecular complexity index is 1070. The molecule has 0 unspecified atom stereocenters. The highest BCUT2D eigenvalue weighted by atomic mass is 35.5. The van der Waals surface area contributed by atoms with E-state index in [1.165, 1.54) is 47.3 Å². The fourth-order valence-electron chi connectivity index (χ4n) is 2.42. The van der Waals surface area contributed by atoms with Crippen molar-refractivity contribution in [3.8, 4) is 11.5 Å². The average molecular weight is 462 g/mol. The van der Waals surface area contributed by atoms with E-state index in [4.69, 9.17) is 16.3 Å². The van der Waals surface area contributed by atoms with Gasteiger partial charge in [-0.2, -0.15) is 27.1 Å². The standard InChI is InChI=1S/C19H13ClF5N3O3/c20-14-9-12(4-5-16(14)31-18(21)22)26-17(29)15-6-7-28(27-15)10-30-13-3-1-2-11(8-13)19(23,24)25/h1-9,18H,10H2,(H,26,29). The Hall–Kier alpha value is -3.34. The molecule has 0 aliphatic rings. The van der Waals surface area contributed by atoms with Crippen LogP contribution in [-0.2, 0) is 12.9 Å². The number of hydrogen-bond donors (Lipinski definition) is 1. The summed E-state index contributed by atoms with van der Waals surface area (Å²) in [5.41, 5.74) is -0.655. The first-order valence-electron chi connectivity index (χ1n) is 8.51. The molecule has 6 nitrogen and oxygen atoms in total. The summed E-state index contributed by atoms with van der Waals surface area (Å²) in [6.07, 6.45) is -3.10. The van der Waals surface area contributed by atoms with E-state index in [9.17, 15) is 26.7 Å². The minimum absolute atomic E-state index is 0.0166. The van der Waals surface area contributed by atoms with E-state index in [1.807, 2.05) is 0 Å². The Kier molecular flexibility index (Phi) is 6.64. The van der Waals surface area contributed by atoms with E-state index >= 15 is 0 Å². The summed E-state index contributed by atoms with van der Waals surface area (Å²) in [5, 5.41) is 6.33. The van der Waals surface area contributed by atoms with Gasteiger partial charge in [-0.1, -0.05) is 17.7 Å². The highest BCUT2D eigenvalue weighted by molar-refractivity contribution is 6.32. The SMILES string of the molecule is O=C(Nc1ccc(OC(F)F)c(Cl)c1)c1ccn(COc2cccc(C(F)(F)F)c2)n1. The van der Waals surface area contributed by atoms with Gasteiger partial charge in [-0.3, -0.25) is 4.79 Å². The zero-order chi connectivity index (χ0) is 22.6. The van der Waals surface area contributed by atoms with Gasteiger partial charge < -0.3 is 14.8 Å². The number of carbonyl (C=O) groups excluding carboxylic acids is 1. The van der Waals surface area contributed by atoms with Gasteiger partial charge in [0.25, 0.3) is 5.91 Å². The van der Waals surface area contributed by atoms with Crippen molar-refractivity contribution in [3.05, 3.63) is 71.0 Å². The normalized spacial score (nSPS) is 11.5. The minimum Gasteiger partial charge on any atom is -0.471 e. The molecule has 0 aliphatic carbocycles. The summed E-state index contributed by atoms with van der Waals surface area (Å²) in [7, 11) is 0. The van der Waals surface area contributed by atoms with Crippen molar-refractivity contribution in [3.63, 3.8) is 0 Å². The zero-order valence-corrected chi connectivity index (χ0v) is 16.1. The van der Waals surface area contributed by atoms with Crippen LogP contribution in [0.5, 0.6) is 11.5 Å². The molecule has 0 fully saturated rings. The molecule has 1 amide bonds. The Morgan fingerprint density at radius 1 is 1.16 bits per heavy atom. The highest BCUT2D eigenvalue weighted by Crippen LogP contribution is 2.31. The molecule has 0 atom stereocenters. The lowest BCUT2D eigenvalue weighted by Gasteiger charge is -2.10. The second-order valence-corrected chi connectivity index (χ2v) is 6.42. The van der Waals surface area contributed by atoms with Crippen LogP contribution in [0.2, 0.25) is 5.02 Å². The van der Waals surface area contributed by atoms with Crippen LogP contribution in [0.3, 0.4) is 0 Å². The van der Waals surface area contributed by atoms with Crippen molar-refractivity contribution in [1.82, 2.24) is 9.78 Å². The number of anilines is 1. The van der Waals surface area contributed by atoms with Crippen LogP contribution in [0.4, 0.5) is 27.6 Å². The Labute approximate surface area is 177 Å². The number of halogens is 6. The lowest BCUT2D eigenvalue weighted by atomic mass is 10.2. The second-order valence-electron chi connectivity index (χ2n) is 6.02. The maximum atomic E-state index is 12.7. The lowest BCUT2D eigenvalue weighted by Crippen LogP contribution is -2.14. The number of rotatable bonds is 7. The van der Waals surface area contributed by atoms with Gasteiger partial charge in [0.1, 0.15) is 11.5 Å². The van der Waals surface area contributed by atoms with Crippen molar-refractivity contribution in [2.75, 3.05) is 5.32 Å². The minimum atomic E-state index is -4.50. The first-order valence-corrected chi connectivity index (χ1v) is 8.89. The molecule has 0 saturated carbocycles. The molecule has 0 saturated heterocycles. The number of alkyl halides is 5. The van der Waals surface area contributed by atoms with Crippen LogP contribution in [0.1, 0.15) is 16.1 Å². The highest BCUT2D eigenvalue weighted by Gasteiger charge is 2.30. The topological polar surface area (TPSA) is 65.4 Å². The van der Waals surface area contributed by atoms with E-state index in [-0.39, 0.29) is 34.6 Å². The van der Waals surface area contributed by atoms with E-state index in [1.54, 1.807) is 0 Å². The first kappa shape index (κ1) is 22.3. The van der Waals surface area contributed by atoms with Gasteiger partial charge in [0, 0.05) is 11.9 Å². The van der Waals surface area contributed by atoms with Crippen LogP contribution >= 0.6 is 11.6 Å². The van der Waals surface area contributed by atoms with Gasteiger partial charge in [0.2, 0.25) is 0 Å². The summed E-state index contributed by atoms with van der Waals surface area (Å²) in [5.74, 6) is -0.890. The number of carbonyl (C=O) groups is 1. The molecule has 0 aliphatic heterocycles. The van der Waals surface area contributed by atoms with Crippen LogP contribution in [-0.4, -0.2) is 22.3 Å². The molecule has 1 N–H and O–H groups in total. The summed E-state index contributed by atoms with van der Waals surface area (Å²) >= 11 is 5.83. The van der Waals surface area contributed by atoms with Crippen molar-refractivity contribution >= 4 is 23.2 Å². The summed E-state index contributed by atoms with van der Waals surface area (Å²) in [6.45, 7) is -3.28. The predicted octanol–water partition coefficient (Wildman–Crippen LogP) is 5.45. The van der Waals surface area contributed by atoms with Crippen LogP contribution in [0.25, 0.3) is 0 Å². The fraction of sp³-hybridized carbons (Fsp3) is 0.158. The Morgan fingerprint density at radius 2 is 1.94 bits per heavy atom. The molecule has 0 bridgehead atoms. The largest absolute Gasteiger partial charge is 0.471 e. The van der Waals surface area contributed by atoms with E-state index in [0.717, 1.165) is 12.1 Å². The average Bonchev–Trinajstić information content (AvgIpc) is 3.17. The summed E-state index contributed by atoms with van der Waals surface area (Å²) < 4.78 is 73.4. The van der Waals surface area contributed by atoms with E-state index in [0.29, 0.717) is 0 Å². The molecule has 31 heavy (non-hydrogen) atoms. The van der Waals surface area contributed by atoms with Crippen molar-refractivity contribution < 1.29 is 36.2 Å². The molecule has 0 radical (unpaired) electrons. The van der Waals surface area contributed by atoms with Crippen molar-refractivity contribution in [1.29, 1.82) is 0 Å². The Balaban J connectivity index is 1.60. The molecule has 12 heteroatoms. The maximum absolute atomic E-state index is 12.7. The maximum Gasteiger partial charge on any atom is 0.416 e. The van der Waals surface area contributed by atoms with E-state index < -0.39 is 24.3 Å². The second kappa shape index (κ2) is 9.21. The Morgan fingerprint density at radius 3 is 2.61 bits per heavy atom. The van der Waals surface area contributed by atoms with Crippen molar-refractivity contribution in [2.45, 2.75) is 19.5 Å². The van der Waals surface area contributed by atoms with Crippen LogP contribution in [0.15, 0.2) is 54.7 Å². The molecule has 3 rings (SSSR count). The van der Waals surface area contributed by atoms with Crippen LogP contribution < -0.4 is 14.8 Å². The predicted molar refractivity (Wildman–Crippen MR) is 100 cm³/mol. The fourth-order valence-corrected chi connectivity index (χ4v) is 2.65. The van der Waals surface area contributed by atoms with Gasteiger partial charge in [-0.05, 0) is 42.5 Å². The monoisotopic (exact) mass is 461 g/mol. The molecule has 3 aromatic rings. The molecule has 0 spiro atoms. The third kappa shape index (κ3) is 6.07. The smallest absolute Gasteiger partial charge is 0.416 e. The number of nitrogens with zero attached hydrogens (tertiary/aromatic N) is 2. The number of hydrogen-bond acceptors (Lipinski definition) is 4. The van der Waals surface area contributed by atoms with Crippen molar-refractivity contribution in [2.24, 2.45) is 0 Å². The molecule has 1 aromatic heterocycles. The van der Waals surface area contributed by atoms with Gasteiger partial charge >= 0.3 is 12.8 Å². The number of nitrogens with one attached hydrogen (secondary N) is 1. The third-order valence-corrected chi connectivity index (χ3v) is 4.10. The molecular weight excluding hydrogens is 449 g/mol. The van der Waals surface area contributed by atoms with Crippen LogP contribution in [0, 0.1) is 0 Å². The number of ether oxygens (including phenoxy) is 2. The number of aromatic nitrogens is 2. The first-order chi connectivity index (χ1) is 14.6. The molecule has 2 aromatic carbocycles.